The van der Waals surface area contributed by atoms with Crippen molar-refractivity contribution in [1.82, 2.24) is 9.88 Å². The number of benzene rings is 2. The maximum Gasteiger partial charge on any atom is 0.310 e. The molecule has 7 heteroatoms. The number of anilines is 1. The zero-order valence-electron chi connectivity index (χ0n) is 22.4. The number of aliphatic carboxylic acids is 1. The monoisotopic (exact) mass is 525 g/mol. The van der Waals surface area contributed by atoms with Gasteiger partial charge in [0.05, 0.1) is 30.4 Å². The number of aryl methyl sites for hydroxylation is 1. The number of nitrogens with zero attached hydrogens (tertiary/aromatic N) is 3. The average molecular weight is 526 g/mol. The molecule has 4 heterocycles. The molecule has 2 saturated heterocycles. The van der Waals surface area contributed by atoms with Crippen LogP contribution in [-0.2, 0) is 29.1 Å². The first-order valence-corrected chi connectivity index (χ1v) is 14.1. The van der Waals surface area contributed by atoms with Crippen molar-refractivity contribution in [2.75, 3.05) is 37.7 Å². The summed E-state index contributed by atoms with van der Waals surface area (Å²) >= 11 is 0. The first-order chi connectivity index (χ1) is 19.0. The summed E-state index contributed by atoms with van der Waals surface area (Å²) in [6.07, 6.45) is 2.54. The maximum atomic E-state index is 11.7. The van der Waals surface area contributed by atoms with E-state index in [-0.39, 0.29) is 5.92 Å². The van der Waals surface area contributed by atoms with Crippen LogP contribution in [0.1, 0.15) is 35.1 Å². The molecule has 2 atom stereocenters. The van der Waals surface area contributed by atoms with Crippen molar-refractivity contribution in [2.45, 2.75) is 45.4 Å². The zero-order chi connectivity index (χ0) is 26.6. The van der Waals surface area contributed by atoms with Crippen LogP contribution in [0.5, 0.6) is 5.75 Å². The lowest BCUT2D eigenvalue weighted by Gasteiger charge is -2.40. The number of hydrogen-bond donors (Lipinski definition) is 1. The summed E-state index contributed by atoms with van der Waals surface area (Å²) in [6, 6.07) is 19.7. The molecule has 0 bridgehead atoms. The Bertz CT molecular complexity index is 1420. The quantitative estimate of drug-likeness (QED) is 0.480. The van der Waals surface area contributed by atoms with Gasteiger partial charge in [0.2, 0.25) is 0 Å². The van der Waals surface area contributed by atoms with E-state index in [4.69, 9.17) is 14.5 Å². The molecule has 1 aliphatic carbocycles. The fourth-order valence-electron chi connectivity index (χ4n) is 6.54. The number of carboxylic acids is 1. The van der Waals surface area contributed by atoms with Gasteiger partial charge in [-0.25, -0.2) is 4.98 Å². The molecule has 39 heavy (non-hydrogen) atoms. The van der Waals surface area contributed by atoms with Gasteiger partial charge in [-0.15, -0.1) is 0 Å². The van der Waals surface area contributed by atoms with Crippen LogP contribution in [0.2, 0.25) is 0 Å². The first kappa shape index (κ1) is 24.6. The van der Waals surface area contributed by atoms with Gasteiger partial charge in [-0.05, 0) is 73.1 Å². The normalized spacial score (nSPS) is 24.4. The lowest BCUT2D eigenvalue weighted by atomic mass is 9.95. The fraction of sp³-hybridized carbons (Fsp3) is 0.438. The largest absolute Gasteiger partial charge is 0.488 e. The number of fused-ring (bicyclic) bond motifs is 2. The molecule has 202 valence electrons. The van der Waals surface area contributed by atoms with Gasteiger partial charge in [0.15, 0.2) is 0 Å². The van der Waals surface area contributed by atoms with Gasteiger partial charge in [-0.2, -0.15) is 0 Å². The molecule has 3 fully saturated rings. The summed E-state index contributed by atoms with van der Waals surface area (Å²) in [5.41, 5.74) is 6.55. The zero-order valence-corrected chi connectivity index (χ0v) is 22.4. The Kier molecular flexibility index (Phi) is 6.09. The van der Waals surface area contributed by atoms with Crippen LogP contribution < -0.4 is 9.64 Å². The van der Waals surface area contributed by atoms with Crippen molar-refractivity contribution in [3.8, 4) is 17.0 Å². The summed E-state index contributed by atoms with van der Waals surface area (Å²) in [5.74, 6) is 1.31. The maximum absolute atomic E-state index is 11.7. The van der Waals surface area contributed by atoms with Crippen LogP contribution in [0, 0.1) is 18.3 Å². The van der Waals surface area contributed by atoms with Crippen molar-refractivity contribution in [1.29, 1.82) is 0 Å². The molecule has 3 aliphatic heterocycles. The molecule has 0 spiro atoms. The van der Waals surface area contributed by atoms with Crippen LogP contribution in [0.4, 0.5) is 5.82 Å². The van der Waals surface area contributed by atoms with E-state index in [0.717, 1.165) is 80.6 Å². The Morgan fingerprint density at radius 3 is 2.82 bits per heavy atom. The minimum Gasteiger partial charge on any atom is -0.488 e. The van der Waals surface area contributed by atoms with Gasteiger partial charge in [-0.1, -0.05) is 35.9 Å². The summed E-state index contributed by atoms with van der Waals surface area (Å²) in [4.78, 5) is 21.5. The van der Waals surface area contributed by atoms with Gasteiger partial charge in [0.25, 0.3) is 0 Å². The number of ether oxygens (including phenoxy) is 2. The van der Waals surface area contributed by atoms with E-state index < -0.39 is 11.4 Å². The molecule has 1 saturated carbocycles. The molecule has 2 aromatic carbocycles. The second-order valence-electron chi connectivity index (χ2n) is 11.7. The van der Waals surface area contributed by atoms with Crippen molar-refractivity contribution in [3.05, 3.63) is 76.9 Å². The average Bonchev–Trinajstić information content (AvgIpc) is 3.67. The van der Waals surface area contributed by atoms with E-state index in [1.807, 2.05) is 24.3 Å². The molecular formula is C32H35N3O4. The molecule has 7 rings (SSSR count). The standard InChI is InChI=1S/C32H35N3O4/c1-21-5-8-29(39-18-22-6-7-24-16-34(26-19-38-20-26)11-9-23(24)14-22)27(13-21)28-3-2-4-30(33-28)35-12-10-32(31(36)37)15-25(32)17-35/h2-8,13-14,25-26H,9-12,15-20H2,1H3,(H,36,37)/t25-,32+/m0/s1. The van der Waals surface area contributed by atoms with Crippen LogP contribution >= 0.6 is 0 Å². The van der Waals surface area contributed by atoms with Crippen LogP contribution in [0.15, 0.2) is 54.6 Å². The second-order valence-corrected chi connectivity index (χ2v) is 11.7. The predicted octanol–water partition coefficient (Wildman–Crippen LogP) is 4.69. The topological polar surface area (TPSA) is 75.1 Å². The van der Waals surface area contributed by atoms with Gasteiger partial charge >= 0.3 is 5.97 Å². The first-order valence-electron chi connectivity index (χ1n) is 14.1. The molecule has 1 N–H and O–H groups in total. The fourth-order valence-corrected chi connectivity index (χ4v) is 6.54. The highest BCUT2D eigenvalue weighted by atomic mass is 16.5. The number of carbonyl (C=O) groups is 1. The second kappa shape index (κ2) is 9.65. The Hall–Kier alpha value is -3.42. The predicted molar refractivity (Wildman–Crippen MR) is 149 cm³/mol. The lowest BCUT2D eigenvalue weighted by Crippen LogP contribution is -2.50. The van der Waals surface area contributed by atoms with E-state index >= 15 is 0 Å². The third-order valence-corrected chi connectivity index (χ3v) is 9.24. The van der Waals surface area contributed by atoms with Gasteiger partial charge in [0, 0.05) is 31.7 Å². The van der Waals surface area contributed by atoms with E-state index in [0.29, 0.717) is 19.1 Å². The van der Waals surface area contributed by atoms with Crippen LogP contribution in [0.3, 0.4) is 0 Å². The summed E-state index contributed by atoms with van der Waals surface area (Å²) in [7, 11) is 0. The SMILES string of the molecule is Cc1ccc(OCc2ccc3c(c2)CCN(C2COC2)C3)c(-c2cccc(N3CC[C@@]4(C(=O)O)C[C@H]4C3)n2)c1. The Morgan fingerprint density at radius 2 is 2.03 bits per heavy atom. The highest BCUT2D eigenvalue weighted by molar-refractivity contribution is 5.79. The minimum atomic E-state index is -0.639. The highest BCUT2D eigenvalue weighted by Crippen LogP contribution is 2.58. The highest BCUT2D eigenvalue weighted by Gasteiger charge is 2.62. The van der Waals surface area contributed by atoms with Crippen molar-refractivity contribution < 1.29 is 19.4 Å². The number of hydrogen-bond acceptors (Lipinski definition) is 6. The summed E-state index contributed by atoms with van der Waals surface area (Å²) in [6.45, 7) is 7.89. The van der Waals surface area contributed by atoms with Crippen LogP contribution in [0.25, 0.3) is 11.3 Å². The van der Waals surface area contributed by atoms with E-state index in [2.05, 4.69) is 47.1 Å². The Morgan fingerprint density at radius 1 is 1.13 bits per heavy atom. The van der Waals surface area contributed by atoms with Crippen LogP contribution in [-0.4, -0.2) is 59.8 Å². The number of pyridine rings is 1. The third-order valence-electron chi connectivity index (χ3n) is 9.24. The van der Waals surface area contributed by atoms with E-state index in [1.54, 1.807) is 0 Å². The molecular weight excluding hydrogens is 490 g/mol. The van der Waals surface area contributed by atoms with E-state index in [1.165, 1.54) is 16.7 Å². The number of rotatable bonds is 7. The summed E-state index contributed by atoms with van der Waals surface area (Å²) in [5, 5.41) is 9.62. The lowest BCUT2D eigenvalue weighted by molar-refractivity contribution is -0.144. The molecule has 3 aromatic rings. The van der Waals surface area contributed by atoms with E-state index in [9.17, 15) is 9.90 Å². The van der Waals surface area contributed by atoms with Gasteiger partial charge in [-0.3, -0.25) is 9.69 Å². The van der Waals surface area contributed by atoms with Gasteiger partial charge < -0.3 is 19.5 Å². The third kappa shape index (κ3) is 4.57. The van der Waals surface area contributed by atoms with Gasteiger partial charge in [0.1, 0.15) is 18.2 Å². The van der Waals surface area contributed by atoms with Crippen molar-refractivity contribution in [3.63, 3.8) is 0 Å². The molecule has 0 unspecified atom stereocenters. The molecule has 1 aromatic heterocycles. The number of piperidine rings is 1. The number of carboxylic acid groups (broad SMARTS) is 1. The molecule has 0 amide bonds. The Balaban J connectivity index is 1.07. The van der Waals surface area contributed by atoms with Crippen molar-refractivity contribution in [2.24, 2.45) is 11.3 Å². The molecule has 4 aliphatic rings. The smallest absolute Gasteiger partial charge is 0.310 e. The number of aromatic nitrogens is 1. The summed E-state index contributed by atoms with van der Waals surface area (Å²) < 4.78 is 11.8. The van der Waals surface area contributed by atoms with Crippen molar-refractivity contribution >= 4 is 11.8 Å². The molecule has 0 radical (unpaired) electrons. The molecule has 7 nitrogen and oxygen atoms in total. The Labute approximate surface area is 229 Å². The minimum absolute atomic E-state index is 0.221.